The average Bonchev–Trinajstić information content (AvgIpc) is 2.43. The zero-order chi connectivity index (χ0) is 7.78. The first kappa shape index (κ1) is 7.54. The molecule has 0 saturated carbocycles. The predicted molar refractivity (Wildman–Crippen MR) is 37.5 cm³/mol. The van der Waals surface area contributed by atoms with Crippen LogP contribution in [0.1, 0.15) is 20.3 Å². The standard InChI is InChI=1S/C7H13NO2/c1-3-7(2)6(10)8(7)4-5-9/h9H,3-5H2,1-2H3. The Morgan fingerprint density at radius 2 is 2.30 bits per heavy atom. The molecule has 0 spiro atoms. The minimum Gasteiger partial charge on any atom is -0.395 e. The molecule has 0 aromatic rings. The summed E-state index contributed by atoms with van der Waals surface area (Å²) in [4.78, 5) is 12.7. The SMILES string of the molecule is CCC1(C)C(=O)N1CCO. The van der Waals surface area contributed by atoms with Gasteiger partial charge < -0.3 is 10.0 Å². The Labute approximate surface area is 60.6 Å². The summed E-state index contributed by atoms with van der Waals surface area (Å²) >= 11 is 0. The second kappa shape index (κ2) is 2.23. The number of β-amino-alcohol motifs (C(OH)–C–C–N with tert-alkyl or cyclic N) is 1. The first-order valence-electron chi connectivity index (χ1n) is 3.59. The molecule has 1 amide bonds. The third kappa shape index (κ3) is 0.814. The molecule has 1 saturated heterocycles. The summed E-state index contributed by atoms with van der Waals surface area (Å²) < 4.78 is 0. The predicted octanol–water partition coefficient (Wildman–Crippen LogP) is -0.0104. The van der Waals surface area contributed by atoms with Crippen molar-refractivity contribution in [2.75, 3.05) is 13.2 Å². The Hall–Kier alpha value is -0.570. The average molecular weight is 143 g/mol. The number of hydrogen-bond acceptors (Lipinski definition) is 2. The molecule has 0 bridgehead atoms. The highest BCUT2D eigenvalue weighted by Gasteiger charge is 2.56. The Morgan fingerprint density at radius 3 is 2.60 bits per heavy atom. The molecule has 1 rings (SSSR count). The van der Waals surface area contributed by atoms with Crippen molar-refractivity contribution < 1.29 is 9.90 Å². The Kier molecular flexibility index (Phi) is 1.68. The molecule has 1 heterocycles. The van der Waals surface area contributed by atoms with E-state index < -0.39 is 0 Å². The van der Waals surface area contributed by atoms with Crippen LogP contribution in [0.2, 0.25) is 0 Å². The lowest BCUT2D eigenvalue weighted by Crippen LogP contribution is -2.15. The van der Waals surface area contributed by atoms with E-state index in [1.807, 2.05) is 13.8 Å². The lowest BCUT2D eigenvalue weighted by Gasteiger charge is -2.04. The number of carbonyl (C=O) groups is 1. The fourth-order valence-corrected chi connectivity index (χ4v) is 1.19. The van der Waals surface area contributed by atoms with Crippen molar-refractivity contribution in [2.24, 2.45) is 0 Å². The maximum Gasteiger partial charge on any atom is 0.249 e. The Bertz CT molecular complexity index is 158. The lowest BCUT2D eigenvalue weighted by molar-refractivity contribution is -0.114. The van der Waals surface area contributed by atoms with E-state index in [0.29, 0.717) is 6.54 Å². The van der Waals surface area contributed by atoms with Crippen molar-refractivity contribution in [3.05, 3.63) is 0 Å². The van der Waals surface area contributed by atoms with Crippen molar-refractivity contribution in [3.63, 3.8) is 0 Å². The molecule has 0 aromatic heterocycles. The van der Waals surface area contributed by atoms with Crippen LogP contribution in [0.5, 0.6) is 0 Å². The van der Waals surface area contributed by atoms with Gasteiger partial charge >= 0.3 is 0 Å². The smallest absolute Gasteiger partial charge is 0.249 e. The van der Waals surface area contributed by atoms with E-state index in [2.05, 4.69) is 0 Å². The largest absolute Gasteiger partial charge is 0.395 e. The van der Waals surface area contributed by atoms with Gasteiger partial charge in [-0.05, 0) is 13.3 Å². The molecule has 1 unspecified atom stereocenters. The van der Waals surface area contributed by atoms with E-state index in [0.717, 1.165) is 6.42 Å². The summed E-state index contributed by atoms with van der Waals surface area (Å²) in [6, 6.07) is 0. The number of hydrogen-bond donors (Lipinski definition) is 1. The van der Waals surface area contributed by atoms with E-state index in [9.17, 15) is 4.79 Å². The van der Waals surface area contributed by atoms with Gasteiger partial charge in [0.25, 0.3) is 0 Å². The van der Waals surface area contributed by atoms with Gasteiger partial charge in [0.05, 0.1) is 6.61 Å². The van der Waals surface area contributed by atoms with Crippen LogP contribution in [-0.2, 0) is 4.79 Å². The minimum atomic E-state index is -0.247. The molecule has 0 radical (unpaired) electrons. The summed E-state index contributed by atoms with van der Waals surface area (Å²) in [5.41, 5.74) is -0.247. The zero-order valence-electron chi connectivity index (χ0n) is 6.42. The van der Waals surface area contributed by atoms with Gasteiger partial charge in [0, 0.05) is 6.54 Å². The molecular formula is C7H13NO2. The number of carbonyl (C=O) groups excluding carboxylic acids is 1. The fraction of sp³-hybridized carbons (Fsp3) is 0.857. The Morgan fingerprint density at radius 1 is 1.70 bits per heavy atom. The van der Waals surface area contributed by atoms with Crippen molar-refractivity contribution in [1.29, 1.82) is 0 Å². The summed E-state index contributed by atoms with van der Waals surface area (Å²) in [5.74, 6) is 0.170. The number of aliphatic hydroxyl groups excluding tert-OH is 1. The first-order valence-corrected chi connectivity index (χ1v) is 3.59. The highest BCUT2D eigenvalue weighted by Crippen LogP contribution is 2.35. The quantitative estimate of drug-likeness (QED) is 0.564. The summed E-state index contributed by atoms with van der Waals surface area (Å²) in [6.45, 7) is 4.45. The molecular weight excluding hydrogens is 130 g/mol. The van der Waals surface area contributed by atoms with Crippen LogP contribution in [0.3, 0.4) is 0 Å². The molecule has 1 atom stereocenters. The maximum atomic E-state index is 11.0. The van der Waals surface area contributed by atoms with Gasteiger partial charge in [-0.3, -0.25) is 4.79 Å². The molecule has 0 aliphatic carbocycles. The summed E-state index contributed by atoms with van der Waals surface area (Å²) in [6.07, 6.45) is 0.839. The van der Waals surface area contributed by atoms with Crippen LogP contribution in [-0.4, -0.2) is 34.6 Å². The van der Waals surface area contributed by atoms with E-state index in [4.69, 9.17) is 5.11 Å². The third-order valence-corrected chi connectivity index (χ3v) is 2.26. The summed E-state index contributed by atoms with van der Waals surface area (Å²) in [5, 5.41) is 8.53. The number of nitrogens with zero attached hydrogens (tertiary/aromatic N) is 1. The fourth-order valence-electron chi connectivity index (χ4n) is 1.19. The maximum absolute atomic E-state index is 11.0. The highest BCUT2D eigenvalue weighted by atomic mass is 16.3. The Balaban J connectivity index is 2.47. The van der Waals surface area contributed by atoms with E-state index in [1.165, 1.54) is 0 Å². The number of amides is 1. The van der Waals surface area contributed by atoms with Crippen LogP contribution in [0.4, 0.5) is 0 Å². The molecule has 1 fully saturated rings. The van der Waals surface area contributed by atoms with Crippen LogP contribution in [0.15, 0.2) is 0 Å². The topological polar surface area (TPSA) is 40.3 Å². The van der Waals surface area contributed by atoms with Crippen LogP contribution >= 0.6 is 0 Å². The molecule has 1 aliphatic rings. The third-order valence-electron chi connectivity index (χ3n) is 2.26. The molecule has 3 nitrogen and oxygen atoms in total. The molecule has 1 aliphatic heterocycles. The second-order valence-corrected chi connectivity index (χ2v) is 2.81. The van der Waals surface area contributed by atoms with Gasteiger partial charge in [0.2, 0.25) is 5.91 Å². The van der Waals surface area contributed by atoms with Gasteiger partial charge in [0.15, 0.2) is 0 Å². The van der Waals surface area contributed by atoms with Crippen LogP contribution in [0.25, 0.3) is 0 Å². The van der Waals surface area contributed by atoms with Crippen molar-refractivity contribution >= 4 is 5.91 Å². The minimum absolute atomic E-state index is 0.0708. The van der Waals surface area contributed by atoms with Crippen LogP contribution < -0.4 is 0 Å². The monoisotopic (exact) mass is 143 g/mol. The molecule has 1 N–H and O–H groups in total. The number of rotatable bonds is 3. The lowest BCUT2D eigenvalue weighted by atomic mass is 10.1. The molecule has 3 heteroatoms. The van der Waals surface area contributed by atoms with E-state index in [-0.39, 0.29) is 18.1 Å². The van der Waals surface area contributed by atoms with Crippen molar-refractivity contribution in [1.82, 2.24) is 4.90 Å². The van der Waals surface area contributed by atoms with Crippen molar-refractivity contribution in [3.8, 4) is 0 Å². The molecule has 58 valence electrons. The number of aliphatic hydroxyl groups is 1. The molecule has 0 aromatic carbocycles. The van der Waals surface area contributed by atoms with Gasteiger partial charge in [-0.25, -0.2) is 0 Å². The van der Waals surface area contributed by atoms with Crippen LogP contribution in [0, 0.1) is 0 Å². The highest BCUT2D eigenvalue weighted by molar-refractivity contribution is 6.01. The van der Waals surface area contributed by atoms with Gasteiger partial charge in [0.1, 0.15) is 5.54 Å². The van der Waals surface area contributed by atoms with Gasteiger partial charge in [-0.15, -0.1) is 0 Å². The van der Waals surface area contributed by atoms with E-state index in [1.54, 1.807) is 4.90 Å². The molecule has 10 heavy (non-hydrogen) atoms. The first-order chi connectivity index (χ1) is 4.66. The van der Waals surface area contributed by atoms with Gasteiger partial charge in [-0.2, -0.15) is 0 Å². The summed E-state index contributed by atoms with van der Waals surface area (Å²) in [7, 11) is 0. The van der Waals surface area contributed by atoms with E-state index >= 15 is 0 Å². The second-order valence-electron chi connectivity index (χ2n) is 2.81. The normalized spacial score (nSPS) is 31.1. The van der Waals surface area contributed by atoms with Gasteiger partial charge in [-0.1, -0.05) is 6.92 Å². The zero-order valence-corrected chi connectivity index (χ0v) is 6.42. The van der Waals surface area contributed by atoms with Crippen molar-refractivity contribution in [2.45, 2.75) is 25.8 Å².